The van der Waals surface area contributed by atoms with Gasteiger partial charge in [-0.15, -0.1) is 0 Å². The molecule has 0 aromatic heterocycles. The molecular formula is C15H23BrN2O. The number of piperidine rings is 1. The second-order valence-electron chi connectivity index (χ2n) is 5.36. The fraction of sp³-hybridized carbons (Fsp3) is 0.600. The molecule has 1 aliphatic heterocycles. The molecule has 0 spiro atoms. The van der Waals surface area contributed by atoms with Crippen molar-refractivity contribution in [2.24, 2.45) is 5.92 Å². The Labute approximate surface area is 124 Å². The van der Waals surface area contributed by atoms with E-state index in [1.54, 1.807) is 7.11 Å². The third-order valence-corrected chi connectivity index (χ3v) is 4.50. The standard InChI is InChI=1S/C15H23BrN2O/c1-18-7-3-4-12(11-18)9-17-10-13-8-14(19-2)5-6-15(13)16/h5-6,8,12,17H,3-4,7,9-11H2,1-2H3. The zero-order valence-electron chi connectivity index (χ0n) is 11.8. The molecule has 0 aliphatic carbocycles. The number of ether oxygens (including phenoxy) is 1. The van der Waals surface area contributed by atoms with Crippen LogP contribution in [0.25, 0.3) is 0 Å². The molecule has 0 bridgehead atoms. The molecule has 106 valence electrons. The molecule has 1 atom stereocenters. The van der Waals surface area contributed by atoms with E-state index in [0.717, 1.165) is 29.2 Å². The second kappa shape index (κ2) is 7.27. The topological polar surface area (TPSA) is 24.5 Å². The molecule has 2 rings (SSSR count). The maximum atomic E-state index is 5.26. The first kappa shape index (κ1) is 14.8. The highest BCUT2D eigenvalue weighted by Gasteiger charge is 2.16. The van der Waals surface area contributed by atoms with E-state index >= 15 is 0 Å². The van der Waals surface area contributed by atoms with Gasteiger partial charge in [-0.3, -0.25) is 0 Å². The summed E-state index contributed by atoms with van der Waals surface area (Å²) >= 11 is 3.59. The Morgan fingerprint density at radius 2 is 2.32 bits per heavy atom. The monoisotopic (exact) mass is 326 g/mol. The van der Waals surface area contributed by atoms with Crippen molar-refractivity contribution < 1.29 is 4.74 Å². The predicted octanol–water partition coefficient (Wildman–Crippen LogP) is 2.89. The molecule has 3 nitrogen and oxygen atoms in total. The Bertz CT molecular complexity index is 411. The normalized spacial score (nSPS) is 20.5. The highest BCUT2D eigenvalue weighted by molar-refractivity contribution is 9.10. The number of rotatable bonds is 5. The summed E-state index contributed by atoms with van der Waals surface area (Å²) in [6.07, 6.45) is 2.67. The third-order valence-electron chi connectivity index (χ3n) is 3.72. The maximum absolute atomic E-state index is 5.26. The molecule has 1 aliphatic rings. The van der Waals surface area contributed by atoms with E-state index in [1.807, 2.05) is 12.1 Å². The quantitative estimate of drug-likeness (QED) is 0.900. The lowest BCUT2D eigenvalue weighted by Crippen LogP contribution is -2.37. The van der Waals surface area contributed by atoms with E-state index in [9.17, 15) is 0 Å². The minimum atomic E-state index is 0.781. The summed E-state index contributed by atoms with van der Waals surface area (Å²) in [4.78, 5) is 2.43. The molecule has 1 aromatic rings. The first-order valence-corrected chi connectivity index (χ1v) is 7.70. The van der Waals surface area contributed by atoms with Crippen molar-refractivity contribution in [2.45, 2.75) is 19.4 Å². The smallest absolute Gasteiger partial charge is 0.119 e. The van der Waals surface area contributed by atoms with Crippen LogP contribution in [0.4, 0.5) is 0 Å². The van der Waals surface area contributed by atoms with Crippen LogP contribution in [0, 0.1) is 5.92 Å². The van der Waals surface area contributed by atoms with Crippen molar-refractivity contribution in [3.63, 3.8) is 0 Å². The molecule has 0 radical (unpaired) electrons. The summed E-state index contributed by atoms with van der Waals surface area (Å²) in [5.41, 5.74) is 1.25. The van der Waals surface area contributed by atoms with Crippen LogP contribution in [0.5, 0.6) is 5.75 Å². The second-order valence-corrected chi connectivity index (χ2v) is 6.21. The first-order valence-electron chi connectivity index (χ1n) is 6.90. The van der Waals surface area contributed by atoms with Crippen LogP contribution >= 0.6 is 15.9 Å². The van der Waals surface area contributed by atoms with Crippen molar-refractivity contribution in [3.8, 4) is 5.75 Å². The van der Waals surface area contributed by atoms with Gasteiger partial charge in [-0.2, -0.15) is 0 Å². The molecule has 1 saturated heterocycles. The molecule has 1 N–H and O–H groups in total. The fourth-order valence-corrected chi connectivity index (χ4v) is 3.05. The van der Waals surface area contributed by atoms with Gasteiger partial charge in [0.2, 0.25) is 0 Å². The SMILES string of the molecule is COc1ccc(Br)c(CNCC2CCCN(C)C2)c1. The lowest BCUT2D eigenvalue weighted by molar-refractivity contribution is 0.206. The number of methoxy groups -OCH3 is 1. The summed E-state index contributed by atoms with van der Waals surface area (Å²) in [6, 6.07) is 6.11. The van der Waals surface area contributed by atoms with Crippen molar-refractivity contribution in [1.82, 2.24) is 10.2 Å². The first-order chi connectivity index (χ1) is 9.19. The summed E-state index contributed by atoms with van der Waals surface area (Å²) in [6.45, 7) is 4.44. The number of nitrogens with one attached hydrogen (secondary N) is 1. The Morgan fingerprint density at radius 3 is 3.05 bits per heavy atom. The lowest BCUT2D eigenvalue weighted by atomic mass is 9.98. The summed E-state index contributed by atoms with van der Waals surface area (Å²) in [5.74, 6) is 1.69. The van der Waals surface area contributed by atoms with Crippen molar-refractivity contribution >= 4 is 15.9 Å². The molecule has 4 heteroatoms. The lowest BCUT2D eigenvalue weighted by Gasteiger charge is -2.29. The van der Waals surface area contributed by atoms with Crippen molar-refractivity contribution in [1.29, 1.82) is 0 Å². The Balaban J connectivity index is 1.81. The van der Waals surface area contributed by atoms with Crippen LogP contribution in [0.2, 0.25) is 0 Å². The molecular weight excluding hydrogens is 304 g/mol. The van der Waals surface area contributed by atoms with Gasteiger partial charge in [-0.05, 0) is 62.7 Å². The molecule has 1 fully saturated rings. The van der Waals surface area contributed by atoms with Gasteiger partial charge in [0.15, 0.2) is 0 Å². The number of benzene rings is 1. The average Bonchev–Trinajstić information content (AvgIpc) is 2.41. The number of nitrogens with zero attached hydrogens (tertiary/aromatic N) is 1. The van der Waals surface area contributed by atoms with E-state index in [0.29, 0.717) is 0 Å². The van der Waals surface area contributed by atoms with E-state index in [1.165, 1.54) is 31.5 Å². The highest BCUT2D eigenvalue weighted by Crippen LogP contribution is 2.22. The Hall–Kier alpha value is -0.580. The molecule has 1 heterocycles. The summed E-state index contributed by atoms with van der Waals surface area (Å²) in [5, 5.41) is 3.57. The maximum Gasteiger partial charge on any atom is 0.119 e. The molecule has 1 aromatic carbocycles. The van der Waals surface area contributed by atoms with E-state index in [4.69, 9.17) is 4.74 Å². The van der Waals surface area contributed by atoms with Gasteiger partial charge in [0.05, 0.1) is 7.11 Å². The number of halogens is 1. The number of hydrogen-bond donors (Lipinski definition) is 1. The van der Waals surface area contributed by atoms with Gasteiger partial charge < -0.3 is 15.0 Å². The number of hydrogen-bond acceptors (Lipinski definition) is 3. The highest BCUT2D eigenvalue weighted by atomic mass is 79.9. The van der Waals surface area contributed by atoms with Crippen molar-refractivity contribution in [2.75, 3.05) is 33.8 Å². The van der Waals surface area contributed by atoms with Gasteiger partial charge >= 0.3 is 0 Å². The van der Waals surface area contributed by atoms with Gasteiger partial charge in [0.1, 0.15) is 5.75 Å². The van der Waals surface area contributed by atoms with Gasteiger partial charge in [0, 0.05) is 17.6 Å². The van der Waals surface area contributed by atoms with Crippen LogP contribution in [0.3, 0.4) is 0 Å². The van der Waals surface area contributed by atoms with E-state index in [2.05, 4.69) is 39.3 Å². The minimum Gasteiger partial charge on any atom is -0.497 e. The molecule has 0 amide bonds. The van der Waals surface area contributed by atoms with Crippen LogP contribution in [-0.4, -0.2) is 38.7 Å². The van der Waals surface area contributed by atoms with Crippen LogP contribution < -0.4 is 10.1 Å². The molecule has 1 unspecified atom stereocenters. The third kappa shape index (κ3) is 4.48. The molecule has 0 saturated carbocycles. The van der Waals surface area contributed by atoms with Gasteiger partial charge in [-0.1, -0.05) is 15.9 Å². The van der Waals surface area contributed by atoms with E-state index < -0.39 is 0 Å². The van der Waals surface area contributed by atoms with Gasteiger partial charge in [-0.25, -0.2) is 0 Å². The van der Waals surface area contributed by atoms with Gasteiger partial charge in [0.25, 0.3) is 0 Å². The average molecular weight is 327 g/mol. The van der Waals surface area contributed by atoms with E-state index in [-0.39, 0.29) is 0 Å². The largest absolute Gasteiger partial charge is 0.497 e. The van der Waals surface area contributed by atoms with Crippen LogP contribution in [0.15, 0.2) is 22.7 Å². The number of likely N-dealkylation sites (tertiary alicyclic amines) is 1. The molecule has 19 heavy (non-hydrogen) atoms. The Morgan fingerprint density at radius 1 is 1.47 bits per heavy atom. The summed E-state index contributed by atoms with van der Waals surface area (Å²) < 4.78 is 6.41. The minimum absolute atomic E-state index is 0.781. The zero-order chi connectivity index (χ0) is 13.7. The predicted molar refractivity (Wildman–Crippen MR) is 82.6 cm³/mol. The Kier molecular flexibility index (Phi) is 5.67. The van der Waals surface area contributed by atoms with Crippen LogP contribution in [-0.2, 0) is 6.54 Å². The van der Waals surface area contributed by atoms with Crippen LogP contribution in [0.1, 0.15) is 18.4 Å². The fourth-order valence-electron chi connectivity index (χ4n) is 2.66. The van der Waals surface area contributed by atoms with Crippen molar-refractivity contribution in [3.05, 3.63) is 28.2 Å². The summed E-state index contributed by atoms with van der Waals surface area (Å²) in [7, 11) is 3.92. The zero-order valence-corrected chi connectivity index (χ0v) is 13.4.